The first-order chi connectivity index (χ1) is 8.16. The number of carbonyl (C=O) groups is 1. The molecule has 2 rings (SSSR count). The molecule has 0 saturated carbocycles. The Morgan fingerprint density at radius 2 is 2.47 bits per heavy atom. The van der Waals surface area contributed by atoms with Crippen molar-refractivity contribution in [1.29, 1.82) is 0 Å². The van der Waals surface area contributed by atoms with Gasteiger partial charge in [0.2, 0.25) is 5.91 Å². The number of rotatable bonds is 3. The second-order valence-corrected chi connectivity index (χ2v) is 6.34. The average molecular weight is 317 g/mol. The third-order valence-electron chi connectivity index (χ3n) is 3.00. The summed E-state index contributed by atoms with van der Waals surface area (Å²) in [5.41, 5.74) is 0. The molecule has 0 spiro atoms. The average Bonchev–Trinajstić information content (AvgIpc) is 2.75. The molecule has 1 atom stereocenters. The maximum Gasteiger partial charge on any atom is 0.239 e. The Labute approximate surface area is 114 Å². The first-order valence-electron chi connectivity index (χ1n) is 5.88. The van der Waals surface area contributed by atoms with E-state index in [1.54, 1.807) is 11.3 Å². The van der Waals surface area contributed by atoms with Crippen LogP contribution in [-0.2, 0) is 11.3 Å². The summed E-state index contributed by atoms with van der Waals surface area (Å²) < 4.78 is 1.09. The van der Waals surface area contributed by atoms with Crippen LogP contribution in [0.25, 0.3) is 0 Å². The molecule has 0 bridgehead atoms. The van der Waals surface area contributed by atoms with E-state index in [0.29, 0.717) is 6.54 Å². The van der Waals surface area contributed by atoms with Gasteiger partial charge in [0, 0.05) is 21.8 Å². The summed E-state index contributed by atoms with van der Waals surface area (Å²) in [5, 5.41) is 5.34. The third-order valence-corrected chi connectivity index (χ3v) is 4.68. The SMILES string of the molecule is CN(Cc1cc(Br)cs1)C(=O)[C@H]1CCCCN1. The fourth-order valence-corrected chi connectivity index (χ4v) is 3.58. The number of amides is 1. The number of hydrogen-bond donors (Lipinski definition) is 1. The second kappa shape index (κ2) is 5.98. The number of nitrogens with one attached hydrogen (secondary N) is 1. The Hall–Kier alpha value is -0.390. The second-order valence-electron chi connectivity index (χ2n) is 4.43. The van der Waals surface area contributed by atoms with Crippen LogP contribution in [0, 0.1) is 0 Å². The van der Waals surface area contributed by atoms with E-state index in [4.69, 9.17) is 0 Å². The zero-order chi connectivity index (χ0) is 12.3. The molecule has 1 fully saturated rings. The van der Waals surface area contributed by atoms with E-state index in [0.717, 1.165) is 23.9 Å². The van der Waals surface area contributed by atoms with E-state index in [-0.39, 0.29) is 11.9 Å². The summed E-state index contributed by atoms with van der Waals surface area (Å²) >= 11 is 5.11. The highest BCUT2D eigenvalue weighted by atomic mass is 79.9. The number of likely N-dealkylation sites (N-methyl/N-ethyl adjacent to an activating group) is 1. The van der Waals surface area contributed by atoms with Crippen molar-refractivity contribution in [2.45, 2.75) is 31.8 Å². The van der Waals surface area contributed by atoms with Crippen molar-refractivity contribution in [3.05, 3.63) is 20.8 Å². The Morgan fingerprint density at radius 1 is 1.65 bits per heavy atom. The van der Waals surface area contributed by atoms with E-state index in [1.165, 1.54) is 11.3 Å². The molecular formula is C12H17BrN2OS. The van der Waals surface area contributed by atoms with Gasteiger partial charge in [0.1, 0.15) is 0 Å². The van der Waals surface area contributed by atoms with E-state index < -0.39 is 0 Å². The third kappa shape index (κ3) is 3.53. The van der Waals surface area contributed by atoms with Crippen LogP contribution in [0.5, 0.6) is 0 Å². The Morgan fingerprint density at radius 3 is 3.06 bits per heavy atom. The summed E-state index contributed by atoms with van der Waals surface area (Å²) in [7, 11) is 1.88. The van der Waals surface area contributed by atoms with Gasteiger partial charge in [0.05, 0.1) is 12.6 Å². The quantitative estimate of drug-likeness (QED) is 0.929. The molecule has 1 aromatic rings. The number of halogens is 1. The summed E-state index contributed by atoms with van der Waals surface area (Å²) in [4.78, 5) is 15.2. The first kappa shape index (κ1) is 13.1. The maximum atomic E-state index is 12.2. The molecule has 1 saturated heterocycles. The highest BCUT2D eigenvalue weighted by Gasteiger charge is 2.23. The monoisotopic (exact) mass is 316 g/mol. The molecular weight excluding hydrogens is 300 g/mol. The fraction of sp³-hybridized carbons (Fsp3) is 0.583. The van der Waals surface area contributed by atoms with E-state index in [2.05, 4.69) is 27.3 Å². The lowest BCUT2D eigenvalue weighted by atomic mass is 10.0. The number of piperidine rings is 1. The van der Waals surface area contributed by atoms with Gasteiger partial charge in [-0.2, -0.15) is 0 Å². The predicted molar refractivity (Wildman–Crippen MR) is 74.1 cm³/mol. The van der Waals surface area contributed by atoms with Gasteiger partial charge in [0.25, 0.3) is 0 Å². The molecule has 1 aromatic heterocycles. The number of thiophene rings is 1. The normalized spacial score (nSPS) is 20.2. The van der Waals surface area contributed by atoms with Crippen molar-refractivity contribution >= 4 is 33.2 Å². The van der Waals surface area contributed by atoms with Crippen LogP contribution >= 0.6 is 27.3 Å². The molecule has 0 aromatic carbocycles. The highest BCUT2D eigenvalue weighted by molar-refractivity contribution is 9.10. The zero-order valence-electron chi connectivity index (χ0n) is 9.91. The lowest BCUT2D eigenvalue weighted by Crippen LogP contribution is -2.46. The highest BCUT2D eigenvalue weighted by Crippen LogP contribution is 2.21. The van der Waals surface area contributed by atoms with Crippen molar-refractivity contribution in [3.63, 3.8) is 0 Å². The molecule has 2 heterocycles. The molecule has 17 heavy (non-hydrogen) atoms. The van der Waals surface area contributed by atoms with Crippen LogP contribution < -0.4 is 5.32 Å². The number of hydrogen-bond acceptors (Lipinski definition) is 3. The largest absolute Gasteiger partial charge is 0.339 e. The van der Waals surface area contributed by atoms with E-state index in [1.807, 2.05) is 17.3 Å². The van der Waals surface area contributed by atoms with Gasteiger partial charge in [0.15, 0.2) is 0 Å². The van der Waals surface area contributed by atoms with Crippen molar-refractivity contribution in [2.75, 3.05) is 13.6 Å². The molecule has 0 unspecified atom stereocenters. The minimum absolute atomic E-state index is 0.0251. The van der Waals surface area contributed by atoms with Crippen molar-refractivity contribution < 1.29 is 4.79 Å². The van der Waals surface area contributed by atoms with Gasteiger partial charge < -0.3 is 10.2 Å². The van der Waals surface area contributed by atoms with Crippen molar-refractivity contribution in [1.82, 2.24) is 10.2 Å². The van der Waals surface area contributed by atoms with E-state index in [9.17, 15) is 4.79 Å². The van der Waals surface area contributed by atoms with Crippen LogP contribution in [0.3, 0.4) is 0 Å². The van der Waals surface area contributed by atoms with Crippen LogP contribution in [0.1, 0.15) is 24.1 Å². The van der Waals surface area contributed by atoms with Gasteiger partial charge in [-0.1, -0.05) is 6.42 Å². The maximum absolute atomic E-state index is 12.2. The molecule has 1 aliphatic heterocycles. The smallest absolute Gasteiger partial charge is 0.239 e. The first-order valence-corrected chi connectivity index (χ1v) is 7.55. The molecule has 1 N–H and O–H groups in total. The summed E-state index contributed by atoms with van der Waals surface area (Å²) in [6.07, 6.45) is 3.31. The van der Waals surface area contributed by atoms with Gasteiger partial charge >= 0.3 is 0 Å². The Balaban J connectivity index is 1.90. The number of nitrogens with zero attached hydrogens (tertiary/aromatic N) is 1. The topological polar surface area (TPSA) is 32.3 Å². The van der Waals surface area contributed by atoms with Gasteiger partial charge in [-0.05, 0) is 41.4 Å². The molecule has 0 aliphatic carbocycles. The summed E-state index contributed by atoms with van der Waals surface area (Å²) in [6.45, 7) is 1.67. The van der Waals surface area contributed by atoms with Crippen LogP contribution in [0.15, 0.2) is 15.9 Å². The molecule has 1 aliphatic rings. The lowest BCUT2D eigenvalue weighted by molar-refractivity contribution is -0.133. The van der Waals surface area contributed by atoms with Crippen LogP contribution in [0.4, 0.5) is 0 Å². The van der Waals surface area contributed by atoms with Crippen molar-refractivity contribution in [2.24, 2.45) is 0 Å². The number of carbonyl (C=O) groups excluding carboxylic acids is 1. The van der Waals surface area contributed by atoms with Gasteiger partial charge in [-0.25, -0.2) is 0 Å². The molecule has 5 heteroatoms. The molecule has 3 nitrogen and oxygen atoms in total. The Bertz CT molecular complexity index is 388. The van der Waals surface area contributed by atoms with Gasteiger partial charge in [-0.15, -0.1) is 11.3 Å². The molecule has 1 amide bonds. The van der Waals surface area contributed by atoms with Crippen molar-refractivity contribution in [3.8, 4) is 0 Å². The Kier molecular flexibility index (Phi) is 4.59. The standard InChI is InChI=1S/C12H17BrN2OS/c1-15(7-10-6-9(13)8-17-10)12(16)11-4-2-3-5-14-11/h6,8,11,14H,2-5,7H2,1H3/t11-/m1/s1. The van der Waals surface area contributed by atoms with Gasteiger partial charge in [-0.3, -0.25) is 4.79 Å². The minimum atomic E-state index is 0.0251. The summed E-state index contributed by atoms with van der Waals surface area (Å²) in [6, 6.07) is 2.10. The molecule has 94 valence electrons. The van der Waals surface area contributed by atoms with Crippen LogP contribution in [-0.4, -0.2) is 30.4 Å². The summed E-state index contributed by atoms with van der Waals surface area (Å²) in [5.74, 6) is 0.217. The lowest BCUT2D eigenvalue weighted by Gasteiger charge is -2.27. The minimum Gasteiger partial charge on any atom is -0.339 e. The zero-order valence-corrected chi connectivity index (χ0v) is 12.3. The predicted octanol–water partition coefficient (Wildman–Crippen LogP) is 2.61. The fourth-order valence-electron chi connectivity index (χ4n) is 2.08. The van der Waals surface area contributed by atoms with Crippen LogP contribution in [0.2, 0.25) is 0 Å². The van der Waals surface area contributed by atoms with E-state index >= 15 is 0 Å². The molecule has 0 radical (unpaired) electrons.